The van der Waals surface area contributed by atoms with Crippen molar-refractivity contribution in [1.29, 1.82) is 0 Å². The van der Waals surface area contributed by atoms with Crippen LogP contribution >= 0.6 is 11.3 Å². The van der Waals surface area contributed by atoms with Gasteiger partial charge in [0.25, 0.3) is 0 Å². The zero-order chi connectivity index (χ0) is 17.9. The van der Waals surface area contributed by atoms with Crippen LogP contribution in [0.4, 0.5) is 5.13 Å². The highest BCUT2D eigenvalue weighted by Crippen LogP contribution is 2.27. The van der Waals surface area contributed by atoms with E-state index < -0.39 is 5.54 Å². The summed E-state index contributed by atoms with van der Waals surface area (Å²) in [4.78, 5) is 17.0. The van der Waals surface area contributed by atoms with Crippen molar-refractivity contribution in [3.63, 3.8) is 0 Å². The molecule has 1 aromatic carbocycles. The van der Waals surface area contributed by atoms with E-state index in [1.165, 1.54) is 16.9 Å². The van der Waals surface area contributed by atoms with Crippen molar-refractivity contribution >= 4 is 22.4 Å². The number of nitrogens with two attached hydrogens (primary N) is 1. The number of aromatic nitrogens is 1. The molecule has 0 radical (unpaired) electrons. The molecule has 0 saturated carbocycles. The molecule has 1 saturated heterocycles. The third-order valence-electron chi connectivity index (χ3n) is 4.46. The Hall–Kier alpha value is -1.76. The fourth-order valence-electron chi connectivity index (χ4n) is 2.93. The van der Waals surface area contributed by atoms with Gasteiger partial charge in [0, 0.05) is 24.2 Å². The van der Waals surface area contributed by atoms with Crippen LogP contribution in [-0.4, -0.2) is 29.6 Å². The van der Waals surface area contributed by atoms with E-state index >= 15 is 0 Å². The molecule has 1 aliphatic heterocycles. The van der Waals surface area contributed by atoms with Crippen molar-refractivity contribution in [2.45, 2.75) is 38.6 Å². The topological polar surface area (TPSA) is 77.2 Å². The molecule has 25 heavy (non-hydrogen) atoms. The first-order chi connectivity index (χ1) is 12.0. The molecule has 1 aliphatic rings. The summed E-state index contributed by atoms with van der Waals surface area (Å²) in [7, 11) is 0. The van der Waals surface area contributed by atoms with Gasteiger partial charge in [0.1, 0.15) is 5.54 Å². The lowest BCUT2D eigenvalue weighted by Crippen LogP contribution is -2.54. The van der Waals surface area contributed by atoms with Crippen molar-refractivity contribution < 1.29 is 9.53 Å². The van der Waals surface area contributed by atoms with Crippen LogP contribution in [-0.2, 0) is 16.0 Å². The number of carbonyl (C=O) groups is 1. The standard InChI is InChI=1S/C19H25N3O2S/c1-13(2)11-14-3-5-15(6-4-14)16-12-25-18(21-16)22-17(23)19(20)7-9-24-10-8-19/h3-6,12-13H,7-11,20H2,1-2H3,(H,21,22,23). The number of nitrogens with one attached hydrogen (secondary N) is 1. The second-order valence-electron chi connectivity index (χ2n) is 7.06. The highest BCUT2D eigenvalue weighted by molar-refractivity contribution is 7.14. The molecule has 3 rings (SSSR count). The second kappa shape index (κ2) is 7.64. The van der Waals surface area contributed by atoms with Crippen LogP contribution in [0.25, 0.3) is 11.3 Å². The van der Waals surface area contributed by atoms with Gasteiger partial charge in [-0.05, 0) is 30.7 Å². The maximum absolute atomic E-state index is 12.5. The van der Waals surface area contributed by atoms with E-state index in [4.69, 9.17) is 10.5 Å². The summed E-state index contributed by atoms with van der Waals surface area (Å²) in [5.41, 5.74) is 8.60. The summed E-state index contributed by atoms with van der Waals surface area (Å²) < 4.78 is 5.29. The van der Waals surface area contributed by atoms with Gasteiger partial charge < -0.3 is 15.8 Å². The average Bonchev–Trinajstić information content (AvgIpc) is 3.04. The van der Waals surface area contributed by atoms with Gasteiger partial charge in [-0.15, -0.1) is 11.3 Å². The number of hydrogen-bond donors (Lipinski definition) is 2. The number of benzene rings is 1. The Bertz CT molecular complexity index is 719. The molecule has 1 fully saturated rings. The van der Waals surface area contributed by atoms with E-state index in [0.29, 0.717) is 37.1 Å². The zero-order valence-corrected chi connectivity index (χ0v) is 15.6. The first kappa shape index (κ1) is 18.0. The lowest BCUT2D eigenvalue weighted by Gasteiger charge is -2.31. The number of ether oxygens (including phenoxy) is 1. The summed E-state index contributed by atoms with van der Waals surface area (Å²) in [6, 6.07) is 8.45. The molecule has 5 nitrogen and oxygen atoms in total. The van der Waals surface area contributed by atoms with Crippen molar-refractivity contribution in [3.05, 3.63) is 35.2 Å². The fraction of sp³-hybridized carbons (Fsp3) is 0.474. The summed E-state index contributed by atoms with van der Waals surface area (Å²) in [6.45, 7) is 5.48. The highest BCUT2D eigenvalue weighted by atomic mass is 32.1. The Kier molecular flexibility index (Phi) is 5.51. The van der Waals surface area contributed by atoms with Crippen molar-refractivity contribution in [2.75, 3.05) is 18.5 Å². The van der Waals surface area contributed by atoms with Crippen LogP contribution in [0.1, 0.15) is 32.3 Å². The summed E-state index contributed by atoms with van der Waals surface area (Å²) >= 11 is 1.42. The number of carbonyl (C=O) groups excluding carboxylic acids is 1. The van der Waals surface area contributed by atoms with E-state index in [-0.39, 0.29) is 5.91 Å². The molecule has 0 bridgehead atoms. The van der Waals surface area contributed by atoms with Gasteiger partial charge in [0.2, 0.25) is 5.91 Å². The van der Waals surface area contributed by atoms with Crippen molar-refractivity contribution in [2.24, 2.45) is 11.7 Å². The summed E-state index contributed by atoms with van der Waals surface area (Å²) in [6.07, 6.45) is 2.14. The minimum absolute atomic E-state index is 0.177. The van der Waals surface area contributed by atoms with Crippen LogP contribution in [0, 0.1) is 5.92 Å². The average molecular weight is 359 g/mol. The normalized spacial score (nSPS) is 16.8. The van der Waals surface area contributed by atoms with Crippen molar-refractivity contribution in [3.8, 4) is 11.3 Å². The second-order valence-corrected chi connectivity index (χ2v) is 7.91. The van der Waals surface area contributed by atoms with Crippen LogP contribution in [0.15, 0.2) is 29.6 Å². The van der Waals surface area contributed by atoms with E-state index in [0.717, 1.165) is 17.7 Å². The van der Waals surface area contributed by atoms with Crippen LogP contribution in [0.5, 0.6) is 0 Å². The number of thiazole rings is 1. The predicted octanol–water partition coefficient (Wildman–Crippen LogP) is 3.46. The molecular weight excluding hydrogens is 334 g/mol. The molecule has 2 aromatic rings. The Morgan fingerprint density at radius 1 is 1.32 bits per heavy atom. The molecule has 0 spiro atoms. The van der Waals surface area contributed by atoms with Gasteiger partial charge in [-0.2, -0.15) is 0 Å². The highest BCUT2D eigenvalue weighted by Gasteiger charge is 2.36. The fourth-order valence-corrected chi connectivity index (χ4v) is 3.65. The van der Waals surface area contributed by atoms with E-state index in [1.807, 2.05) is 5.38 Å². The molecular formula is C19H25N3O2S. The van der Waals surface area contributed by atoms with E-state index in [2.05, 4.69) is 48.4 Å². The molecule has 6 heteroatoms. The number of anilines is 1. The number of amides is 1. The molecule has 0 atom stereocenters. The molecule has 1 aromatic heterocycles. The maximum atomic E-state index is 12.5. The van der Waals surface area contributed by atoms with Crippen LogP contribution in [0.3, 0.4) is 0 Å². The smallest absolute Gasteiger partial charge is 0.246 e. The molecule has 1 amide bonds. The van der Waals surface area contributed by atoms with Gasteiger partial charge in [-0.3, -0.25) is 4.79 Å². The third-order valence-corrected chi connectivity index (χ3v) is 5.21. The first-order valence-electron chi connectivity index (χ1n) is 8.69. The zero-order valence-electron chi connectivity index (χ0n) is 14.7. The Balaban J connectivity index is 1.66. The predicted molar refractivity (Wildman–Crippen MR) is 102 cm³/mol. The van der Waals surface area contributed by atoms with Gasteiger partial charge in [0.05, 0.1) is 5.69 Å². The van der Waals surface area contributed by atoms with Gasteiger partial charge in [0.15, 0.2) is 5.13 Å². The maximum Gasteiger partial charge on any atom is 0.246 e. The first-order valence-corrected chi connectivity index (χ1v) is 9.57. The Labute approximate surface area is 152 Å². The summed E-state index contributed by atoms with van der Waals surface area (Å²) in [5.74, 6) is 0.463. The lowest BCUT2D eigenvalue weighted by molar-refractivity contribution is -0.124. The number of hydrogen-bond acceptors (Lipinski definition) is 5. The summed E-state index contributed by atoms with van der Waals surface area (Å²) in [5, 5.41) is 5.41. The van der Waals surface area contributed by atoms with Gasteiger partial charge in [-0.1, -0.05) is 38.1 Å². The van der Waals surface area contributed by atoms with Crippen molar-refractivity contribution in [1.82, 2.24) is 4.98 Å². The van der Waals surface area contributed by atoms with E-state index in [9.17, 15) is 4.79 Å². The molecule has 0 unspecified atom stereocenters. The number of rotatable bonds is 5. The molecule has 3 N–H and O–H groups in total. The quantitative estimate of drug-likeness (QED) is 0.857. The lowest BCUT2D eigenvalue weighted by atomic mass is 9.90. The molecule has 2 heterocycles. The van der Waals surface area contributed by atoms with E-state index in [1.54, 1.807) is 0 Å². The largest absolute Gasteiger partial charge is 0.381 e. The minimum Gasteiger partial charge on any atom is -0.381 e. The Morgan fingerprint density at radius 3 is 2.64 bits per heavy atom. The molecule has 0 aliphatic carbocycles. The minimum atomic E-state index is -0.859. The van der Waals surface area contributed by atoms with Crippen LogP contribution in [0.2, 0.25) is 0 Å². The monoisotopic (exact) mass is 359 g/mol. The van der Waals surface area contributed by atoms with Gasteiger partial charge in [-0.25, -0.2) is 4.98 Å². The SMILES string of the molecule is CC(C)Cc1ccc(-c2csc(NC(=O)C3(N)CCOCC3)n2)cc1. The molecule has 134 valence electrons. The van der Waals surface area contributed by atoms with Gasteiger partial charge >= 0.3 is 0 Å². The Morgan fingerprint density at radius 2 is 2.00 bits per heavy atom. The number of nitrogens with zero attached hydrogens (tertiary/aromatic N) is 1. The van der Waals surface area contributed by atoms with Crippen LogP contribution < -0.4 is 11.1 Å². The third kappa shape index (κ3) is 4.45.